The highest BCUT2D eigenvalue weighted by Crippen LogP contribution is 2.28. The molecule has 1 aliphatic heterocycles. The maximum absolute atomic E-state index is 13.2. The molecule has 0 spiro atoms. The molecule has 100 valence electrons. The Labute approximate surface area is 107 Å². The van der Waals surface area contributed by atoms with Gasteiger partial charge >= 0.3 is 0 Å². The lowest BCUT2D eigenvalue weighted by atomic mass is 10.2. The van der Waals surface area contributed by atoms with Gasteiger partial charge in [-0.25, -0.2) is 18.4 Å². The van der Waals surface area contributed by atoms with Crippen molar-refractivity contribution in [2.75, 3.05) is 13.1 Å². The number of amides is 1. The SMILES string of the molecule is Cn1nnc2c(C(=O)N3CCC(F)(F)C3)ccnc21. The first-order valence-corrected chi connectivity index (χ1v) is 5.79. The summed E-state index contributed by atoms with van der Waals surface area (Å²) in [6.07, 6.45) is 1.15. The third-order valence-electron chi connectivity index (χ3n) is 3.18. The molecule has 0 radical (unpaired) electrons. The van der Waals surface area contributed by atoms with E-state index in [1.165, 1.54) is 16.9 Å². The molecule has 0 bridgehead atoms. The molecule has 2 aromatic rings. The molecule has 0 unspecified atom stereocenters. The quantitative estimate of drug-likeness (QED) is 0.768. The minimum atomic E-state index is -2.80. The van der Waals surface area contributed by atoms with Gasteiger partial charge in [-0.2, -0.15) is 0 Å². The van der Waals surface area contributed by atoms with Crippen LogP contribution in [0.4, 0.5) is 8.78 Å². The van der Waals surface area contributed by atoms with E-state index in [1.54, 1.807) is 7.05 Å². The van der Waals surface area contributed by atoms with Crippen molar-refractivity contribution in [2.24, 2.45) is 7.05 Å². The van der Waals surface area contributed by atoms with Gasteiger partial charge in [0.15, 0.2) is 5.65 Å². The maximum Gasteiger partial charge on any atom is 0.267 e. The van der Waals surface area contributed by atoms with Crippen LogP contribution >= 0.6 is 0 Å². The third-order valence-corrected chi connectivity index (χ3v) is 3.18. The van der Waals surface area contributed by atoms with Crippen LogP contribution in [-0.2, 0) is 7.05 Å². The zero-order chi connectivity index (χ0) is 13.6. The lowest BCUT2D eigenvalue weighted by molar-refractivity contribution is 0.0120. The minimum Gasteiger partial charge on any atom is -0.332 e. The predicted octanol–water partition coefficient (Wildman–Crippen LogP) is 0.845. The van der Waals surface area contributed by atoms with Crippen LogP contribution in [0.5, 0.6) is 0 Å². The Hall–Kier alpha value is -2.12. The number of hydrogen-bond acceptors (Lipinski definition) is 4. The third kappa shape index (κ3) is 1.92. The van der Waals surface area contributed by atoms with Crippen LogP contribution in [0.25, 0.3) is 11.2 Å². The number of hydrogen-bond donors (Lipinski definition) is 0. The lowest BCUT2D eigenvalue weighted by Gasteiger charge is -2.15. The Morgan fingerprint density at radius 1 is 1.47 bits per heavy atom. The van der Waals surface area contributed by atoms with Crippen LogP contribution in [0.3, 0.4) is 0 Å². The number of fused-ring (bicyclic) bond motifs is 1. The van der Waals surface area contributed by atoms with E-state index in [9.17, 15) is 13.6 Å². The van der Waals surface area contributed by atoms with Crippen LogP contribution in [0.1, 0.15) is 16.8 Å². The van der Waals surface area contributed by atoms with Crippen molar-refractivity contribution in [1.29, 1.82) is 0 Å². The van der Waals surface area contributed by atoms with Gasteiger partial charge in [0, 0.05) is 26.2 Å². The van der Waals surface area contributed by atoms with Crippen LogP contribution in [0.15, 0.2) is 12.3 Å². The highest BCUT2D eigenvalue weighted by atomic mass is 19.3. The number of aryl methyl sites for hydroxylation is 1. The van der Waals surface area contributed by atoms with Crippen molar-refractivity contribution < 1.29 is 13.6 Å². The molecule has 3 rings (SSSR count). The van der Waals surface area contributed by atoms with Gasteiger partial charge in [-0.15, -0.1) is 5.10 Å². The number of rotatable bonds is 1. The summed E-state index contributed by atoms with van der Waals surface area (Å²) in [7, 11) is 1.65. The van der Waals surface area contributed by atoms with Gasteiger partial charge in [-0.3, -0.25) is 4.79 Å². The summed E-state index contributed by atoms with van der Waals surface area (Å²) in [5.41, 5.74) is 1.05. The Morgan fingerprint density at radius 2 is 2.26 bits per heavy atom. The molecule has 1 fully saturated rings. The zero-order valence-corrected chi connectivity index (χ0v) is 10.2. The Morgan fingerprint density at radius 3 is 2.95 bits per heavy atom. The van der Waals surface area contributed by atoms with Crippen molar-refractivity contribution in [2.45, 2.75) is 12.3 Å². The number of alkyl halides is 2. The molecule has 0 atom stereocenters. The number of halogens is 2. The highest BCUT2D eigenvalue weighted by molar-refractivity contribution is 6.03. The minimum absolute atomic E-state index is 0.0515. The molecule has 1 saturated heterocycles. The lowest BCUT2D eigenvalue weighted by Crippen LogP contribution is -2.31. The summed E-state index contributed by atoms with van der Waals surface area (Å²) in [6.45, 7) is -0.494. The molecule has 0 aliphatic carbocycles. The molecule has 2 aromatic heterocycles. The molecular weight excluding hydrogens is 256 g/mol. The number of nitrogens with zero attached hydrogens (tertiary/aromatic N) is 5. The molecule has 1 amide bonds. The molecular formula is C11H11F2N5O. The van der Waals surface area contributed by atoms with E-state index in [-0.39, 0.29) is 18.5 Å². The van der Waals surface area contributed by atoms with E-state index >= 15 is 0 Å². The Kier molecular flexibility index (Phi) is 2.48. The van der Waals surface area contributed by atoms with Crippen LogP contribution < -0.4 is 0 Å². The zero-order valence-electron chi connectivity index (χ0n) is 10.2. The van der Waals surface area contributed by atoms with Crippen molar-refractivity contribution in [3.8, 4) is 0 Å². The first-order valence-electron chi connectivity index (χ1n) is 5.79. The van der Waals surface area contributed by atoms with Crippen LogP contribution in [0, 0.1) is 0 Å². The molecule has 0 N–H and O–H groups in total. The molecule has 6 nitrogen and oxygen atoms in total. The van der Waals surface area contributed by atoms with Gasteiger partial charge in [-0.1, -0.05) is 5.21 Å². The average Bonchev–Trinajstić information content (AvgIpc) is 2.92. The summed E-state index contributed by atoms with van der Waals surface area (Å²) in [5, 5.41) is 7.64. The van der Waals surface area contributed by atoms with Crippen molar-refractivity contribution in [1.82, 2.24) is 24.9 Å². The normalized spacial score (nSPS) is 18.2. The summed E-state index contributed by atoms with van der Waals surface area (Å²) in [5.74, 6) is -3.26. The second kappa shape index (κ2) is 3.94. The van der Waals surface area contributed by atoms with E-state index in [0.29, 0.717) is 11.2 Å². The first-order chi connectivity index (χ1) is 8.98. The maximum atomic E-state index is 13.2. The second-order valence-electron chi connectivity index (χ2n) is 4.58. The van der Waals surface area contributed by atoms with Crippen molar-refractivity contribution in [3.63, 3.8) is 0 Å². The average molecular weight is 267 g/mol. The monoisotopic (exact) mass is 267 g/mol. The fourth-order valence-corrected chi connectivity index (χ4v) is 2.18. The largest absolute Gasteiger partial charge is 0.332 e. The summed E-state index contributed by atoms with van der Waals surface area (Å²) in [4.78, 5) is 17.4. The van der Waals surface area contributed by atoms with E-state index in [1.807, 2.05) is 0 Å². The van der Waals surface area contributed by atoms with Gasteiger partial charge in [0.25, 0.3) is 11.8 Å². The topological polar surface area (TPSA) is 63.9 Å². The summed E-state index contributed by atoms with van der Waals surface area (Å²) >= 11 is 0. The smallest absolute Gasteiger partial charge is 0.267 e. The van der Waals surface area contributed by atoms with Gasteiger partial charge in [0.1, 0.15) is 5.52 Å². The van der Waals surface area contributed by atoms with E-state index in [0.717, 1.165) is 4.90 Å². The summed E-state index contributed by atoms with van der Waals surface area (Å²) < 4.78 is 27.7. The Balaban J connectivity index is 1.99. The van der Waals surface area contributed by atoms with Crippen molar-refractivity contribution in [3.05, 3.63) is 17.8 Å². The highest BCUT2D eigenvalue weighted by Gasteiger charge is 2.40. The van der Waals surface area contributed by atoms with Gasteiger partial charge in [0.2, 0.25) is 0 Å². The molecule has 19 heavy (non-hydrogen) atoms. The molecule has 1 aliphatic rings. The van der Waals surface area contributed by atoms with Crippen LogP contribution in [0.2, 0.25) is 0 Å². The van der Waals surface area contributed by atoms with E-state index < -0.39 is 18.4 Å². The number of aromatic nitrogens is 4. The van der Waals surface area contributed by atoms with Gasteiger partial charge in [-0.05, 0) is 6.07 Å². The Bertz CT molecular complexity index is 654. The standard InChI is InChI=1S/C11H11F2N5O/c1-17-9-8(15-16-17)7(2-4-14-9)10(19)18-5-3-11(12,13)6-18/h2,4H,3,5-6H2,1H3. The van der Waals surface area contributed by atoms with Crippen LogP contribution in [-0.4, -0.2) is 49.8 Å². The number of likely N-dealkylation sites (tertiary alicyclic amines) is 1. The number of carbonyl (C=O) groups is 1. The predicted molar refractivity (Wildman–Crippen MR) is 61.8 cm³/mol. The second-order valence-corrected chi connectivity index (χ2v) is 4.58. The summed E-state index contributed by atoms with van der Waals surface area (Å²) in [6, 6.07) is 1.48. The van der Waals surface area contributed by atoms with Gasteiger partial charge in [0.05, 0.1) is 12.1 Å². The fraction of sp³-hybridized carbons (Fsp3) is 0.455. The fourth-order valence-electron chi connectivity index (χ4n) is 2.18. The molecule has 0 aromatic carbocycles. The first kappa shape index (κ1) is 11.9. The van der Waals surface area contributed by atoms with Gasteiger partial charge < -0.3 is 4.90 Å². The number of pyridine rings is 1. The molecule has 8 heteroatoms. The van der Waals surface area contributed by atoms with E-state index in [2.05, 4.69) is 15.3 Å². The number of carbonyl (C=O) groups excluding carboxylic acids is 1. The molecule has 3 heterocycles. The van der Waals surface area contributed by atoms with E-state index in [4.69, 9.17) is 0 Å². The molecule has 0 saturated carbocycles. The van der Waals surface area contributed by atoms with Crippen molar-refractivity contribution >= 4 is 17.1 Å².